The zero-order chi connectivity index (χ0) is 26.8. The van der Waals surface area contributed by atoms with E-state index in [1.807, 2.05) is 20.8 Å². The Balaban J connectivity index is 1.76. The van der Waals surface area contributed by atoms with Crippen molar-refractivity contribution in [2.24, 2.45) is 5.41 Å². The lowest BCUT2D eigenvalue weighted by atomic mass is 9.80. The summed E-state index contributed by atoms with van der Waals surface area (Å²) in [6.07, 6.45) is -6.13. The Bertz CT molecular complexity index is 1270. The van der Waals surface area contributed by atoms with Crippen molar-refractivity contribution in [3.8, 4) is 0 Å². The van der Waals surface area contributed by atoms with Crippen molar-refractivity contribution >= 4 is 40.7 Å². The van der Waals surface area contributed by atoms with Gasteiger partial charge in [0.1, 0.15) is 5.60 Å². The molecule has 2 aromatic carbocycles. The van der Waals surface area contributed by atoms with Crippen LogP contribution in [0.5, 0.6) is 0 Å². The van der Waals surface area contributed by atoms with Crippen molar-refractivity contribution in [3.63, 3.8) is 0 Å². The number of carbonyl (C=O) groups is 2. The molecule has 1 amide bonds. The number of benzene rings is 2. The molecular weight excluding hydrogens is 525 g/mol. The van der Waals surface area contributed by atoms with Crippen LogP contribution in [0.15, 0.2) is 36.4 Å². The van der Waals surface area contributed by atoms with E-state index in [0.717, 1.165) is 12.1 Å². The normalized spacial score (nSPS) is 19.3. The maximum atomic E-state index is 13.9. The summed E-state index contributed by atoms with van der Waals surface area (Å²) in [5, 5.41) is 8.04. The molecule has 1 saturated heterocycles. The van der Waals surface area contributed by atoms with Crippen LogP contribution in [-0.2, 0) is 10.3 Å². The molecule has 2 aliphatic heterocycles. The van der Waals surface area contributed by atoms with Crippen molar-refractivity contribution in [1.82, 2.24) is 4.90 Å². The van der Waals surface area contributed by atoms with Gasteiger partial charge in [0.05, 0.1) is 34.8 Å². The van der Waals surface area contributed by atoms with Gasteiger partial charge in [0.15, 0.2) is 11.6 Å². The number of allylic oxidation sites excluding steroid dienone is 2. The van der Waals surface area contributed by atoms with E-state index in [0.29, 0.717) is 17.2 Å². The number of hydrogen-bond donors (Lipinski definition) is 1. The lowest BCUT2D eigenvalue weighted by Crippen LogP contribution is -2.61. The molecule has 2 heterocycles. The molecule has 0 saturated carbocycles. The van der Waals surface area contributed by atoms with Crippen LogP contribution in [0, 0.1) is 11.2 Å². The molecule has 0 aliphatic carbocycles. The fraction of sp³-hybridized carbons (Fsp3) is 0.360. The molecular formula is C25H21Cl2F4NO4. The zero-order valence-corrected chi connectivity index (χ0v) is 20.9. The highest BCUT2D eigenvalue weighted by Crippen LogP contribution is 2.54. The van der Waals surface area contributed by atoms with Gasteiger partial charge in [-0.25, -0.2) is 9.18 Å². The number of carboxylic acid groups (broad SMARTS) is 1. The first kappa shape index (κ1) is 26.4. The predicted octanol–water partition coefficient (Wildman–Crippen LogP) is 7.27. The number of ether oxygens (including phenoxy) is 1. The van der Waals surface area contributed by atoms with Gasteiger partial charge in [0.2, 0.25) is 0 Å². The number of carbonyl (C=O) groups excluding carboxylic acids is 1. The van der Waals surface area contributed by atoms with Crippen LogP contribution < -0.4 is 0 Å². The van der Waals surface area contributed by atoms with E-state index in [1.54, 1.807) is 6.07 Å². The SMILES string of the molecule is CC(C)(C)C1OC2(CN(C(=O)O)C2)c2ccc(C(=O)/C=C(/c3cc(Cl)c(F)c(Cl)c3)C(F)(F)F)cc21. The maximum Gasteiger partial charge on any atom is 0.417 e. The van der Waals surface area contributed by atoms with Crippen molar-refractivity contribution in [2.45, 2.75) is 38.7 Å². The van der Waals surface area contributed by atoms with Gasteiger partial charge < -0.3 is 14.7 Å². The fourth-order valence-electron chi connectivity index (χ4n) is 4.55. The van der Waals surface area contributed by atoms with E-state index in [9.17, 15) is 32.3 Å². The Labute approximate surface area is 214 Å². The topological polar surface area (TPSA) is 66.8 Å². The van der Waals surface area contributed by atoms with Gasteiger partial charge in [-0.15, -0.1) is 0 Å². The predicted molar refractivity (Wildman–Crippen MR) is 126 cm³/mol. The van der Waals surface area contributed by atoms with Crippen LogP contribution in [-0.4, -0.2) is 41.1 Å². The van der Waals surface area contributed by atoms with Crippen molar-refractivity contribution in [2.75, 3.05) is 13.1 Å². The van der Waals surface area contributed by atoms with Crippen molar-refractivity contribution in [1.29, 1.82) is 0 Å². The molecule has 0 radical (unpaired) electrons. The second kappa shape index (κ2) is 8.75. The Kier molecular flexibility index (Phi) is 6.42. The summed E-state index contributed by atoms with van der Waals surface area (Å²) in [4.78, 5) is 25.5. The minimum absolute atomic E-state index is 0.0147. The molecule has 192 valence electrons. The third-order valence-corrected chi connectivity index (χ3v) is 6.83. The number of halogens is 6. The van der Waals surface area contributed by atoms with Gasteiger partial charge in [0.25, 0.3) is 0 Å². The van der Waals surface area contributed by atoms with Gasteiger partial charge >= 0.3 is 12.3 Å². The summed E-state index contributed by atoms with van der Waals surface area (Å²) in [5.74, 6) is -2.00. The number of ketones is 1. The average Bonchev–Trinajstić information content (AvgIpc) is 3.08. The number of hydrogen-bond acceptors (Lipinski definition) is 3. The van der Waals surface area contributed by atoms with Crippen LogP contribution in [0.3, 0.4) is 0 Å². The summed E-state index contributed by atoms with van der Waals surface area (Å²) in [7, 11) is 0. The monoisotopic (exact) mass is 545 g/mol. The molecule has 11 heteroatoms. The first-order chi connectivity index (χ1) is 16.5. The third kappa shape index (κ3) is 4.60. The molecule has 1 unspecified atom stereocenters. The van der Waals surface area contributed by atoms with Gasteiger partial charge in [-0.3, -0.25) is 4.79 Å². The van der Waals surface area contributed by atoms with E-state index in [2.05, 4.69) is 0 Å². The molecule has 0 aromatic heterocycles. The van der Waals surface area contributed by atoms with Crippen LogP contribution in [0.2, 0.25) is 10.0 Å². The Morgan fingerprint density at radius 3 is 2.17 bits per heavy atom. The molecule has 5 nitrogen and oxygen atoms in total. The van der Waals surface area contributed by atoms with Gasteiger partial charge in [-0.2, -0.15) is 13.2 Å². The minimum Gasteiger partial charge on any atom is -0.465 e. The summed E-state index contributed by atoms with van der Waals surface area (Å²) in [6.45, 7) is 5.95. The summed E-state index contributed by atoms with van der Waals surface area (Å²) in [5.41, 5.74) is -1.89. The van der Waals surface area contributed by atoms with E-state index in [4.69, 9.17) is 27.9 Å². The zero-order valence-electron chi connectivity index (χ0n) is 19.3. The Morgan fingerprint density at radius 2 is 1.67 bits per heavy atom. The second-order valence-electron chi connectivity index (χ2n) is 9.97. The van der Waals surface area contributed by atoms with Crippen molar-refractivity contribution in [3.05, 3.63) is 74.5 Å². The smallest absolute Gasteiger partial charge is 0.417 e. The van der Waals surface area contributed by atoms with Gasteiger partial charge in [-0.05, 0) is 46.4 Å². The quantitative estimate of drug-likeness (QED) is 0.190. The Morgan fingerprint density at radius 1 is 1.08 bits per heavy atom. The highest BCUT2D eigenvalue weighted by Gasteiger charge is 2.56. The first-order valence-corrected chi connectivity index (χ1v) is 11.6. The number of likely N-dealkylation sites (tertiary alicyclic amines) is 1. The number of amides is 1. The molecule has 4 rings (SSSR count). The number of nitrogens with zero attached hydrogens (tertiary/aromatic N) is 1. The third-order valence-electron chi connectivity index (χ3n) is 6.28. The second-order valence-corrected chi connectivity index (χ2v) is 10.8. The van der Waals surface area contributed by atoms with E-state index < -0.39 is 62.2 Å². The molecule has 1 atom stereocenters. The Hall–Kier alpha value is -2.62. The van der Waals surface area contributed by atoms with Crippen LogP contribution in [0.1, 0.15) is 53.9 Å². The summed E-state index contributed by atoms with van der Waals surface area (Å²) < 4.78 is 61.6. The van der Waals surface area contributed by atoms with Gasteiger partial charge in [0, 0.05) is 5.56 Å². The van der Waals surface area contributed by atoms with E-state index >= 15 is 0 Å². The summed E-state index contributed by atoms with van der Waals surface area (Å²) in [6, 6.07) is 5.99. The molecule has 1 spiro atoms. The minimum atomic E-state index is -4.95. The number of alkyl halides is 3. The molecule has 1 N–H and O–H groups in total. The van der Waals surface area contributed by atoms with Crippen LogP contribution in [0.4, 0.5) is 22.4 Å². The first-order valence-electron chi connectivity index (χ1n) is 10.8. The molecule has 2 aromatic rings. The molecule has 36 heavy (non-hydrogen) atoms. The fourth-order valence-corrected chi connectivity index (χ4v) is 5.04. The highest BCUT2D eigenvalue weighted by atomic mass is 35.5. The van der Waals surface area contributed by atoms with Gasteiger partial charge in [-0.1, -0.05) is 56.1 Å². The molecule has 1 fully saturated rings. The standard InChI is InChI=1S/C25H21Cl2F4NO4/c1-23(2,3)21-14-6-12(4-5-15(14)24(36-21)10-32(11-24)22(34)35)19(33)9-16(25(29,30)31)13-7-17(26)20(28)18(27)8-13/h4-9,21H,10-11H2,1-3H3,(H,34,35)/b16-9-. The molecule has 0 bridgehead atoms. The maximum absolute atomic E-state index is 13.9. The number of rotatable bonds is 3. The van der Waals surface area contributed by atoms with Crippen LogP contribution in [0.25, 0.3) is 5.57 Å². The number of fused-ring (bicyclic) bond motifs is 2. The van der Waals surface area contributed by atoms with E-state index in [1.165, 1.54) is 17.0 Å². The lowest BCUT2D eigenvalue weighted by Gasteiger charge is -2.47. The average molecular weight is 546 g/mol. The van der Waals surface area contributed by atoms with Crippen LogP contribution >= 0.6 is 23.2 Å². The highest BCUT2D eigenvalue weighted by molar-refractivity contribution is 6.35. The lowest BCUT2D eigenvalue weighted by molar-refractivity contribution is -0.176. The van der Waals surface area contributed by atoms with E-state index in [-0.39, 0.29) is 18.7 Å². The molecule has 2 aliphatic rings. The van der Waals surface area contributed by atoms with Crippen molar-refractivity contribution < 1.29 is 37.0 Å². The largest absolute Gasteiger partial charge is 0.465 e. The summed E-state index contributed by atoms with van der Waals surface area (Å²) >= 11 is 11.3.